The number of anilines is 1. The van der Waals surface area contributed by atoms with Crippen LogP contribution >= 0.6 is 0 Å². The van der Waals surface area contributed by atoms with E-state index in [1.54, 1.807) is 19.1 Å². The van der Waals surface area contributed by atoms with Crippen LogP contribution in [-0.4, -0.2) is 13.1 Å². The maximum absolute atomic E-state index is 13.9. The van der Waals surface area contributed by atoms with E-state index in [2.05, 4.69) is 11.0 Å². The Hall–Kier alpha value is -1.82. The predicted molar refractivity (Wildman–Crippen MR) is 66.3 cm³/mol. The summed E-state index contributed by atoms with van der Waals surface area (Å²) in [5.74, 6) is -0.125. The summed E-state index contributed by atoms with van der Waals surface area (Å²) < 4.78 is 13.9. The van der Waals surface area contributed by atoms with Crippen molar-refractivity contribution >= 4 is 5.69 Å². The van der Waals surface area contributed by atoms with Crippen LogP contribution in [0.4, 0.5) is 10.1 Å². The molecule has 3 heteroatoms. The van der Waals surface area contributed by atoms with Crippen molar-refractivity contribution in [2.24, 2.45) is 0 Å². The zero-order valence-corrected chi connectivity index (χ0v) is 9.91. The van der Waals surface area contributed by atoms with Gasteiger partial charge in [0.1, 0.15) is 5.82 Å². The lowest BCUT2D eigenvalue weighted by Crippen LogP contribution is -2.31. The molecule has 1 aromatic rings. The number of rotatable bonds is 1. The van der Waals surface area contributed by atoms with Crippen molar-refractivity contribution in [3.63, 3.8) is 0 Å². The molecule has 0 atom stereocenters. The van der Waals surface area contributed by atoms with Gasteiger partial charge in [0.2, 0.25) is 0 Å². The van der Waals surface area contributed by atoms with E-state index in [0.717, 1.165) is 31.5 Å². The van der Waals surface area contributed by atoms with Gasteiger partial charge in [-0.05, 0) is 31.4 Å². The largest absolute Gasteiger partial charge is 0.369 e. The summed E-state index contributed by atoms with van der Waals surface area (Å²) in [6, 6.07) is 7.54. The van der Waals surface area contributed by atoms with Gasteiger partial charge in [-0.25, -0.2) is 4.39 Å². The monoisotopic (exact) mass is 230 g/mol. The van der Waals surface area contributed by atoms with Crippen molar-refractivity contribution in [3.05, 3.63) is 41.2 Å². The van der Waals surface area contributed by atoms with Crippen LogP contribution in [-0.2, 0) is 0 Å². The number of nitriles is 1. The minimum atomic E-state index is -0.125. The summed E-state index contributed by atoms with van der Waals surface area (Å²) in [7, 11) is 0. The molecule has 0 aromatic heterocycles. The Morgan fingerprint density at radius 2 is 2.06 bits per heavy atom. The van der Waals surface area contributed by atoms with Crippen LogP contribution in [0.3, 0.4) is 0 Å². The molecule has 1 aliphatic rings. The van der Waals surface area contributed by atoms with Gasteiger partial charge in [-0.15, -0.1) is 0 Å². The molecule has 0 unspecified atom stereocenters. The second-order valence-corrected chi connectivity index (χ2v) is 4.33. The molecule has 0 radical (unpaired) electrons. The maximum Gasteiger partial charge on any atom is 0.149 e. The Morgan fingerprint density at radius 3 is 2.71 bits per heavy atom. The second-order valence-electron chi connectivity index (χ2n) is 4.33. The number of piperidine rings is 1. The molecule has 0 saturated carbocycles. The SMILES string of the molecule is Cc1cccc(N2CCC(=CC#N)CC2)c1F. The maximum atomic E-state index is 13.9. The molecule has 0 bridgehead atoms. The van der Waals surface area contributed by atoms with Gasteiger partial charge in [-0.2, -0.15) is 5.26 Å². The third kappa shape index (κ3) is 2.47. The van der Waals surface area contributed by atoms with E-state index in [4.69, 9.17) is 5.26 Å². The van der Waals surface area contributed by atoms with Gasteiger partial charge in [-0.3, -0.25) is 0 Å². The Balaban J connectivity index is 2.14. The number of hydrogen-bond donors (Lipinski definition) is 0. The van der Waals surface area contributed by atoms with Crippen LogP contribution < -0.4 is 4.90 Å². The van der Waals surface area contributed by atoms with E-state index in [-0.39, 0.29) is 5.82 Å². The molecule has 1 fully saturated rings. The van der Waals surface area contributed by atoms with Gasteiger partial charge >= 0.3 is 0 Å². The number of hydrogen-bond acceptors (Lipinski definition) is 2. The first-order valence-electron chi connectivity index (χ1n) is 5.80. The van der Waals surface area contributed by atoms with Gasteiger partial charge < -0.3 is 4.90 Å². The Morgan fingerprint density at radius 1 is 1.35 bits per heavy atom. The highest BCUT2D eigenvalue weighted by molar-refractivity contribution is 5.51. The molecule has 0 amide bonds. The Labute approximate surface area is 101 Å². The average Bonchev–Trinajstić information content (AvgIpc) is 2.34. The molecular weight excluding hydrogens is 215 g/mol. The molecule has 1 aromatic carbocycles. The zero-order valence-electron chi connectivity index (χ0n) is 9.91. The third-order valence-electron chi connectivity index (χ3n) is 3.19. The molecule has 2 rings (SSSR count). The van der Waals surface area contributed by atoms with Crippen molar-refractivity contribution < 1.29 is 4.39 Å². The summed E-state index contributed by atoms with van der Waals surface area (Å²) >= 11 is 0. The molecule has 0 aliphatic carbocycles. The standard InChI is InChI=1S/C14H15FN2/c1-11-3-2-4-13(14(11)15)17-9-6-12(5-8-16)7-10-17/h2-5H,6-7,9-10H2,1H3. The van der Waals surface area contributed by atoms with E-state index < -0.39 is 0 Å². The highest BCUT2D eigenvalue weighted by Gasteiger charge is 2.17. The predicted octanol–water partition coefficient (Wildman–Crippen LogP) is 3.18. The lowest BCUT2D eigenvalue weighted by Gasteiger charge is -2.30. The number of nitrogens with zero attached hydrogens (tertiary/aromatic N) is 2. The van der Waals surface area contributed by atoms with Crippen molar-refractivity contribution in [2.45, 2.75) is 19.8 Å². The molecule has 1 saturated heterocycles. The van der Waals surface area contributed by atoms with Crippen molar-refractivity contribution in [1.82, 2.24) is 0 Å². The molecule has 88 valence electrons. The van der Waals surface area contributed by atoms with Crippen molar-refractivity contribution in [1.29, 1.82) is 5.26 Å². The van der Waals surface area contributed by atoms with E-state index in [0.29, 0.717) is 11.3 Å². The zero-order chi connectivity index (χ0) is 12.3. The van der Waals surface area contributed by atoms with Crippen molar-refractivity contribution in [3.8, 4) is 6.07 Å². The fourth-order valence-electron chi connectivity index (χ4n) is 2.15. The van der Waals surface area contributed by atoms with Crippen LogP contribution in [0.2, 0.25) is 0 Å². The number of benzene rings is 1. The minimum Gasteiger partial charge on any atom is -0.369 e. The molecule has 1 aliphatic heterocycles. The third-order valence-corrected chi connectivity index (χ3v) is 3.19. The smallest absolute Gasteiger partial charge is 0.149 e. The van der Waals surface area contributed by atoms with Crippen LogP contribution in [0, 0.1) is 24.1 Å². The summed E-state index contributed by atoms with van der Waals surface area (Å²) in [5.41, 5.74) is 2.53. The average molecular weight is 230 g/mol. The Bertz CT molecular complexity index is 475. The van der Waals surface area contributed by atoms with E-state index in [9.17, 15) is 4.39 Å². The topological polar surface area (TPSA) is 27.0 Å². The molecular formula is C14H15FN2. The van der Waals surface area contributed by atoms with Gasteiger partial charge in [-0.1, -0.05) is 17.7 Å². The summed E-state index contributed by atoms with van der Waals surface area (Å²) in [4.78, 5) is 2.05. The molecule has 17 heavy (non-hydrogen) atoms. The molecule has 0 N–H and O–H groups in total. The lowest BCUT2D eigenvalue weighted by atomic mass is 10.0. The molecule has 0 spiro atoms. The first-order chi connectivity index (χ1) is 8.22. The summed E-state index contributed by atoms with van der Waals surface area (Å²) in [6.45, 7) is 3.35. The van der Waals surface area contributed by atoms with Crippen LogP contribution in [0.5, 0.6) is 0 Å². The van der Waals surface area contributed by atoms with Gasteiger partial charge in [0.15, 0.2) is 0 Å². The van der Waals surface area contributed by atoms with Crippen LogP contribution in [0.25, 0.3) is 0 Å². The molecule has 1 heterocycles. The van der Waals surface area contributed by atoms with E-state index in [1.807, 2.05) is 12.1 Å². The Kier molecular flexibility index (Phi) is 3.43. The number of allylic oxidation sites excluding steroid dienone is 1. The van der Waals surface area contributed by atoms with E-state index in [1.165, 1.54) is 0 Å². The minimum absolute atomic E-state index is 0.125. The van der Waals surface area contributed by atoms with Crippen molar-refractivity contribution in [2.75, 3.05) is 18.0 Å². The lowest BCUT2D eigenvalue weighted by molar-refractivity contribution is 0.597. The highest BCUT2D eigenvalue weighted by Crippen LogP contribution is 2.26. The molecule has 2 nitrogen and oxygen atoms in total. The van der Waals surface area contributed by atoms with Crippen LogP contribution in [0.1, 0.15) is 18.4 Å². The first kappa shape index (κ1) is 11.7. The van der Waals surface area contributed by atoms with Gasteiger partial charge in [0, 0.05) is 19.2 Å². The quantitative estimate of drug-likeness (QED) is 0.693. The first-order valence-corrected chi connectivity index (χ1v) is 5.80. The number of aryl methyl sites for hydroxylation is 1. The summed E-state index contributed by atoms with van der Waals surface area (Å²) in [5, 5.41) is 8.58. The second kappa shape index (κ2) is 5.01. The van der Waals surface area contributed by atoms with Crippen LogP contribution in [0.15, 0.2) is 29.8 Å². The van der Waals surface area contributed by atoms with Gasteiger partial charge in [0.25, 0.3) is 0 Å². The number of halogens is 1. The summed E-state index contributed by atoms with van der Waals surface area (Å²) in [6.07, 6.45) is 3.31. The highest BCUT2D eigenvalue weighted by atomic mass is 19.1. The normalized spacial score (nSPS) is 15.6. The fraction of sp³-hybridized carbons (Fsp3) is 0.357. The van der Waals surface area contributed by atoms with Gasteiger partial charge in [0.05, 0.1) is 11.8 Å². The fourth-order valence-corrected chi connectivity index (χ4v) is 2.15. The van der Waals surface area contributed by atoms with E-state index >= 15 is 0 Å².